The predicted octanol–water partition coefficient (Wildman–Crippen LogP) is 4.71. The molecule has 0 heterocycles. The SMILES string of the molecule is CCCOc1ccc(NC2CC(C)CCC2C)cc1. The summed E-state index contributed by atoms with van der Waals surface area (Å²) in [5.41, 5.74) is 1.22. The van der Waals surface area contributed by atoms with Gasteiger partial charge in [-0.25, -0.2) is 0 Å². The second kappa shape index (κ2) is 6.83. The largest absolute Gasteiger partial charge is 0.494 e. The average Bonchev–Trinajstić information content (AvgIpc) is 2.42. The fourth-order valence-corrected chi connectivity index (χ4v) is 2.81. The van der Waals surface area contributed by atoms with Gasteiger partial charge in [-0.2, -0.15) is 0 Å². The van der Waals surface area contributed by atoms with Crippen LogP contribution < -0.4 is 10.1 Å². The van der Waals surface area contributed by atoms with E-state index in [0.717, 1.165) is 30.6 Å². The Morgan fingerprint density at radius 3 is 2.58 bits per heavy atom. The highest BCUT2D eigenvalue weighted by molar-refractivity contribution is 5.47. The molecule has 1 aromatic rings. The van der Waals surface area contributed by atoms with Crippen molar-refractivity contribution in [1.82, 2.24) is 0 Å². The quantitative estimate of drug-likeness (QED) is 0.828. The van der Waals surface area contributed by atoms with Gasteiger partial charge in [0.1, 0.15) is 5.75 Å². The minimum absolute atomic E-state index is 0.617. The third-order valence-electron chi connectivity index (χ3n) is 4.14. The number of hydrogen-bond acceptors (Lipinski definition) is 2. The van der Waals surface area contributed by atoms with Crippen LogP contribution in [0.3, 0.4) is 0 Å². The van der Waals surface area contributed by atoms with E-state index in [9.17, 15) is 0 Å². The number of rotatable bonds is 5. The Morgan fingerprint density at radius 2 is 1.89 bits per heavy atom. The first-order valence-corrected chi connectivity index (χ1v) is 7.68. The molecule has 2 heteroatoms. The summed E-state index contributed by atoms with van der Waals surface area (Å²) in [5.74, 6) is 2.59. The summed E-state index contributed by atoms with van der Waals surface area (Å²) in [5, 5.41) is 3.69. The highest BCUT2D eigenvalue weighted by Crippen LogP contribution is 2.31. The molecular formula is C17H27NO. The van der Waals surface area contributed by atoms with Crippen molar-refractivity contribution in [2.24, 2.45) is 11.8 Å². The van der Waals surface area contributed by atoms with E-state index in [1.807, 2.05) is 0 Å². The first-order valence-electron chi connectivity index (χ1n) is 7.68. The first-order chi connectivity index (χ1) is 9.19. The van der Waals surface area contributed by atoms with Gasteiger partial charge in [-0.15, -0.1) is 0 Å². The zero-order valence-electron chi connectivity index (χ0n) is 12.5. The Hall–Kier alpha value is -1.18. The summed E-state index contributed by atoms with van der Waals surface area (Å²) in [6, 6.07) is 9.02. The summed E-state index contributed by atoms with van der Waals surface area (Å²) >= 11 is 0. The van der Waals surface area contributed by atoms with Gasteiger partial charge in [0.05, 0.1) is 6.61 Å². The number of nitrogens with one attached hydrogen (secondary N) is 1. The molecule has 2 rings (SSSR count). The summed E-state index contributed by atoms with van der Waals surface area (Å²) in [6.07, 6.45) is 5.06. The average molecular weight is 261 g/mol. The van der Waals surface area contributed by atoms with Gasteiger partial charge in [0, 0.05) is 11.7 Å². The van der Waals surface area contributed by atoms with Crippen LogP contribution in [0.2, 0.25) is 0 Å². The molecule has 1 aliphatic rings. The Balaban J connectivity index is 1.91. The van der Waals surface area contributed by atoms with E-state index in [1.165, 1.54) is 24.9 Å². The zero-order chi connectivity index (χ0) is 13.7. The topological polar surface area (TPSA) is 21.3 Å². The molecule has 1 aromatic carbocycles. The van der Waals surface area contributed by atoms with Crippen LogP contribution in [0.25, 0.3) is 0 Å². The molecule has 3 atom stereocenters. The lowest BCUT2D eigenvalue weighted by Gasteiger charge is -2.34. The van der Waals surface area contributed by atoms with E-state index >= 15 is 0 Å². The summed E-state index contributed by atoms with van der Waals surface area (Å²) in [4.78, 5) is 0. The Morgan fingerprint density at radius 1 is 1.16 bits per heavy atom. The molecule has 1 aliphatic carbocycles. The van der Waals surface area contributed by atoms with Crippen molar-refractivity contribution < 1.29 is 4.74 Å². The molecule has 0 spiro atoms. The Kier molecular flexibility index (Phi) is 5.12. The van der Waals surface area contributed by atoms with Gasteiger partial charge in [0.25, 0.3) is 0 Å². The van der Waals surface area contributed by atoms with Crippen LogP contribution in [0.5, 0.6) is 5.75 Å². The number of hydrogen-bond donors (Lipinski definition) is 1. The fourth-order valence-electron chi connectivity index (χ4n) is 2.81. The zero-order valence-corrected chi connectivity index (χ0v) is 12.5. The standard InChI is InChI=1S/C17H27NO/c1-4-11-19-16-9-7-15(8-10-16)18-17-12-13(2)5-6-14(17)3/h7-10,13-14,17-18H,4-6,11-12H2,1-3H3. The van der Waals surface area contributed by atoms with E-state index in [0.29, 0.717) is 6.04 Å². The van der Waals surface area contributed by atoms with Crippen LogP contribution in [0.4, 0.5) is 5.69 Å². The molecule has 0 bridgehead atoms. The normalized spacial score (nSPS) is 27.0. The van der Waals surface area contributed by atoms with E-state index in [2.05, 4.69) is 50.4 Å². The Bertz CT molecular complexity index is 373. The van der Waals surface area contributed by atoms with Gasteiger partial charge in [-0.1, -0.05) is 27.2 Å². The van der Waals surface area contributed by atoms with Crippen LogP contribution in [0, 0.1) is 11.8 Å². The molecule has 0 aromatic heterocycles. The van der Waals surface area contributed by atoms with Gasteiger partial charge < -0.3 is 10.1 Å². The van der Waals surface area contributed by atoms with Crippen molar-refractivity contribution in [3.05, 3.63) is 24.3 Å². The molecule has 19 heavy (non-hydrogen) atoms. The van der Waals surface area contributed by atoms with Crippen molar-refractivity contribution >= 4 is 5.69 Å². The van der Waals surface area contributed by atoms with Crippen LogP contribution in [0.15, 0.2) is 24.3 Å². The summed E-state index contributed by atoms with van der Waals surface area (Å²) < 4.78 is 5.61. The van der Waals surface area contributed by atoms with E-state index in [1.54, 1.807) is 0 Å². The Labute approximate surface area is 117 Å². The molecule has 3 unspecified atom stereocenters. The highest BCUT2D eigenvalue weighted by Gasteiger charge is 2.25. The monoisotopic (exact) mass is 261 g/mol. The maximum atomic E-state index is 5.61. The predicted molar refractivity (Wildman–Crippen MR) is 81.8 cm³/mol. The van der Waals surface area contributed by atoms with E-state index < -0.39 is 0 Å². The number of benzene rings is 1. The third-order valence-corrected chi connectivity index (χ3v) is 4.14. The highest BCUT2D eigenvalue weighted by atomic mass is 16.5. The maximum Gasteiger partial charge on any atom is 0.119 e. The van der Waals surface area contributed by atoms with Crippen molar-refractivity contribution in [3.63, 3.8) is 0 Å². The molecular weight excluding hydrogens is 234 g/mol. The van der Waals surface area contributed by atoms with Crippen LogP contribution in [-0.2, 0) is 0 Å². The van der Waals surface area contributed by atoms with Gasteiger partial charge >= 0.3 is 0 Å². The first kappa shape index (κ1) is 14.2. The third kappa shape index (κ3) is 4.15. The van der Waals surface area contributed by atoms with E-state index in [-0.39, 0.29) is 0 Å². The molecule has 0 saturated heterocycles. The van der Waals surface area contributed by atoms with Gasteiger partial charge in [0.15, 0.2) is 0 Å². The smallest absolute Gasteiger partial charge is 0.119 e. The molecule has 1 fully saturated rings. The van der Waals surface area contributed by atoms with Crippen LogP contribution in [0.1, 0.15) is 46.5 Å². The summed E-state index contributed by atoms with van der Waals surface area (Å²) in [7, 11) is 0. The lowest BCUT2D eigenvalue weighted by Crippen LogP contribution is -2.33. The molecule has 0 radical (unpaired) electrons. The van der Waals surface area contributed by atoms with Crippen LogP contribution in [-0.4, -0.2) is 12.6 Å². The van der Waals surface area contributed by atoms with E-state index in [4.69, 9.17) is 4.74 Å². The summed E-state index contributed by atoms with van der Waals surface area (Å²) in [6.45, 7) is 7.65. The van der Waals surface area contributed by atoms with Crippen LogP contribution >= 0.6 is 0 Å². The number of anilines is 1. The fraction of sp³-hybridized carbons (Fsp3) is 0.647. The molecule has 1 N–H and O–H groups in total. The molecule has 0 aliphatic heterocycles. The second-order valence-electron chi connectivity index (χ2n) is 6.02. The molecule has 1 saturated carbocycles. The minimum atomic E-state index is 0.617. The number of ether oxygens (including phenoxy) is 1. The van der Waals surface area contributed by atoms with Gasteiger partial charge in [0.2, 0.25) is 0 Å². The molecule has 2 nitrogen and oxygen atoms in total. The molecule has 0 amide bonds. The maximum absolute atomic E-state index is 5.61. The lowest BCUT2D eigenvalue weighted by molar-refractivity contribution is 0.280. The van der Waals surface area contributed by atoms with Crippen molar-refractivity contribution in [1.29, 1.82) is 0 Å². The van der Waals surface area contributed by atoms with Gasteiger partial charge in [-0.05, 0) is 55.4 Å². The minimum Gasteiger partial charge on any atom is -0.494 e. The van der Waals surface area contributed by atoms with Crippen molar-refractivity contribution in [2.45, 2.75) is 52.5 Å². The van der Waals surface area contributed by atoms with Crippen molar-refractivity contribution in [2.75, 3.05) is 11.9 Å². The lowest BCUT2D eigenvalue weighted by atomic mass is 9.80. The van der Waals surface area contributed by atoms with Gasteiger partial charge in [-0.3, -0.25) is 0 Å². The van der Waals surface area contributed by atoms with Crippen molar-refractivity contribution in [3.8, 4) is 5.75 Å². The second-order valence-corrected chi connectivity index (χ2v) is 6.02. The molecule has 106 valence electrons.